The number of aliphatic hydroxyl groups excluding tert-OH is 1. The van der Waals surface area contributed by atoms with Crippen molar-refractivity contribution in [2.75, 3.05) is 11.4 Å². The van der Waals surface area contributed by atoms with E-state index in [-0.39, 0.29) is 12.3 Å². The summed E-state index contributed by atoms with van der Waals surface area (Å²) in [6.07, 6.45) is -1.20. The highest BCUT2D eigenvalue weighted by Gasteiger charge is 2.25. The van der Waals surface area contributed by atoms with E-state index >= 15 is 0 Å². The van der Waals surface area contributed by atoms with Crippen molar-refractivity contribution in [1.82, 2.24) is 0 Å². The molecule has 4 nitrogen and oxygen atoms in total. The number of aryl methyl sites for hydroxylation is 2. The van der Waals surface area contributed by atoms with Gasteiger partial charge in [-0.15, -0.1) is 0 Å². The number of anilines is 1. The Morgan fingerprint density at radius 3 is 2.41 bits per heavy atom. The Morgan fingerprint density at radius 2 is 1.82 bits per heavy atom. The lowest BCUT2D eigenvalue weighted by atomic mass is 10.1. The quantitative estimate of drug-likeness (QED) is 0.797. The molecule has 0 spiro atoms. The topological polar surface area (TPSA) is 52.9 Å². The molecule has 4 heteroatoms. The number of aliphatic imine (C=N–C) groups is 1. The molecule has 0 aromatic heterocycles. The highest BCUT2D eigenvalue weighted by Crippen LogP contribution is 2.21. The van der Waals surface area contributed by atoms with Crippen molar-refractivity contribution < 1.29 is 9.90 Å². The summed E-state index contributed by atoms with van der Waals surface area (Å²) in [5.41, 5.74) is 3.24. The highest BCUT2D eigenvalue weighted by atomic mass is 16.3. The van der Waals surface area contributed by atoms with Gasteiger partial charge in [-0.3, -0.25) is 4.79 Å². The van der Waals surface area contributed by atoms with Crippen molar-refractivity contribution in [3.8, 4) is 0 Å². The molecule has 1 atom stereocenters. The predicted molar refractivity (Wildman–Crippen MR) is 67.4 cm³/mol. The summed E-state index contributed by atoms with van der Waals surface area (Å²) < 4.78 is 0. The van der Waals surface area contributed by atoms with Crippen molar-refractivity contribution >= 4 is 17.3 Å². The van der Waals surface area contributed by atoms with E-state index in [4.69, 9.17) is 0 Å². The lowest BCUT2D eigenvalue weighted by Gasteiger charge is -2.29. The van der Waals surface area contributed by atoms with Crippen LogP contribution >= 0.6 is 0 Å². The van der Waals surface area contributed by atoms with Crippen molar-refractivity contribution in [3.05, 3.63) is 29.3 Å². The maximum Gasteiger partial charge on any atom is 0.208 e. The molecule has 1 heterocycles. The zero-order chi connectivity index (χ0) is 12.6. The van der Waals surface area contributed by atoms with Gasteiger partial charge in [0.05, 0.1) is 6.54 Å². The molecule has 0 saturated heterocycles. The van der Waals surface area contributed by atoms with Crippen LogP contribution in [-0.2, 0) is 4.79 Å². The lowest BCUT2D eigenvalue weighted by molar-refractivity contribution is -0.125. The number of carbonyl (C=O) groups excluding carboxylic acids is 1. The Kier molecular flexibility index (Phi) is 2.98. The molecule has 1 aromatic carbocycles. The van der Waals surface area contributed by atoms with Crippen LogP contribution in [0.5, 0.6) is 0 Å². The van der Waals surface area contributed by atoms with E-state index in [1.807, 2.05) is 30.9 Å². The number of amidine groups is 1. The molecule has 2 rings (SSSR count). The normalized spacial score (nSPS) is 20.5. The van der Waals surface area contributed by atoms with Crippen LogP contribution in [0.25, 0.3) is 0 Å². The largest absolute Gasteiger partial charge is 0.366 e. The van der Waals surface area contributed by atoms with Gasteiger partial charge in [0.25, 0.3) is 0 Å². The minimum absolute atomic E-state index is 0.180. The zero-order valence-corrected chi connectivity index (χ0v) is 10.3. The minimum Gasteiger partial charge on any atom is -0.366 e. The number of aliphatic hydroxyl groups is 1. The second-order valence-electron chi connectivity index (χ2n) is 4.45. The number of ketones is 1. The monoisotopic (exact) mass is 232 g/mol. The Bertz CT molecular complexity index is 474. The molecular weight excluding hydrogens is 216 g/mol. The zero-order valence-electron chi connectivity index (χ0n) is 10.3. The van der Waals surface area contributed by atoms with Gasteiger partial charge in [0, 0.05) is 5.69 Å². The average Bonchev–Trinajstić information content (AvgIpc) is 2.22. The standard InChI is InChI=1S/C13H16N2O2/c1-8-4-9(2)6-11(5-8)15-7-12(16)13(17)14-10(15)3/h4-6,13,17H,7H2,1-3H3. The highest BCUT2D eigenvalue weighted by molar-refractivity contribution is 6.06. The van der Waals surface area contributed by atoms with E-state index in [1.165, 1.54) is 0 Å². The molecule has 1 aromatic rings. The molecular formula is C13H16N2O2. The summed E-state index contributed by atoms with van der Waals surface area (Å²) in [6, 6.07) is 6.10. The second kappa shape index (κ2) is 4.30. The van der Waals surface area contributed by atoms with E-state index in [2.05, 4.69) is 11.1 Å². The fourth-order valence-electron chi connectivity index (χ4n) is 2.06. The third-order valence-electron chi connectivity index (χ3n) is 2.82. The molecule has 0 fully saturated rings. The average molecular weight is 232 g/mol. The van der Waals surface area contributed by atoms with Gasteiger partial charge in [0.1, 0.15) is 5.84 Å². The summed E-state index contributed by atoms with van der Waals surface area (Å²) in [5.74, 6) is 0.400. The number of benzene rings is 1. The van der Waals surface area contributed by atoms with Gasteiger partial charge in [-0.1, -0.05) is 6.07 Å². The van der Waals surface area contributed by atoms with Crippen LogP contribution in [0.4, 0.5) is 5.69 Å². The molecule has 0 radical (unpaired) electrons. The maximum atomic E-state index is 11.5. The van der Waals surface area contributed by atoms with Gasteiger partial charge in [0.15, 0.2) is 0 Å². The summed E-state index contributed by atoms with van der Waals surface area (Å²) >= 11 is 0. The van der Waals surface area contributed by atoms with Gasteiger partial charge >= 0.3 is 0 Å². The maximum absolute atomic E-state index is 11.5. The number of hydrogen-bond acceptors (Lipinski definition) is 4. The van der Waals surface area contributed by atoms with E-state index < -0.39 is 6.23 Å². The van der Waals surface area contributed by atoms with Gasteiger partial charge < -0.3 is 10.0 Å². The predicted octanol–water partition coefficient (Wildman–Crippen LogP) is 1.43. The molecule has 1 aliphatic rings. The third-order valence-corrected chi connectivity index (χ3v) is 2.82. The van der Waals surface area contributed by atoms with E-state index in [1.54, 1.807) is 6.92 Å². The molecule has 0 saturated carbocycles. The van der Waals surface area contributed by atoms with Gasteiger partial charge in [-0.25, -0.2) is 4.99 Å². The first kappa shape index (κ1) is 11.8. The minimum atomic E-state index is -1.20. The summed E-state index contributed by atoms with van der Waals surface area (Å²) in [4.78, 5) is 17.3. The Morgan fingerprint density at radius 1 is 1.24 bits per heavy atom. The van der Waals surface area contributed by atoms with Crippen LogP contribution < -0.4 is 4.90 Å². The summed E-state index contributed by atoms with van der Waals surface area (Å²) in [6.45, 7) is 6.01. The fraction of sp³-hybridized carbons (Fsp3) is 0.385. The molecule has 90 valence electrons. The van der Waals surface area contributed by atoms with Crippen LogP contribution in [0.1, 0.15) is 18.1 Å². The number of rotatable bonds is 1. The van der Waals surface area contributed by atoms with Crippen LogP contribution in [0.15, 0.2) is 23.2 Å². The SMILES string of the molecule is CC1=NC(O)C(=O)CN1c1cc(C)cc(C)c1. The van der Waals surface area contributed by atoms with Crippen molar-refractivity contribution in [3.63, 3.8) is 0 Å². The number of hydrogen-bond donors (Lipinski definition) is 1. The first-order valence-corrected chi connectivity index (χ1v) is 5.58. The van der Waals surface area contributed by atoms with Crippen molar-refractivity contribution in [1.29, 1.82) is 0 Å². The van der Waals surface area contributed by atoms with Crippen molar-refractivity contribution in [2.45, 2.75) is 27.0 Å². The molecule has 1 unspecified atom stereocenters. The fourth-order valence-corrected chi connectivity index (χ4v) is 2.06. The van der Waals surface area contributed by atoms with Crippen LogP contribution in [-0.4, -0.2) is 29.5 Å². The van der Waals surface area contributed by atoms with E-state index in [0.29, 0.717) is 5.84 Å². The Balaban J connectivity index is 2.40. The number of nitrogens with zero attached hydrogens (tertiary/aromatic N) is 2. The molecule has 1 aliphatic heterocycles. The van der Waals surface area contributed by atoms with Crippen molar-refractivity contribution in [2.24, 2.45) is 4.99 Å². The second-order valence-corrected chi connectivity index (χ2v) is 4.45. The van der Waals surface area contributed by atoms with Gasteiger partial charge in [0.2, 0.25) is 12.0 Å². The summed E-state index contributed by atoms with van der Waals surface area (Å²) in [7, 11) is 0. The van der Waals surface area contributed by atoms with Crippen LogP contribution in [0.3, 0.4) is 0 Å². The lowest BCUT2D eigenvalue weighted by Crippen LogP contribution is -2.43. The molecule has 0 amide bonds. The number of Topliss-reactive ketones (excluding diaryl/α,β-unsaturated/α-hetero) is 1. The third kappa shape index (κ3) is 2.36. The van der Waals surface area contributed by atoms with Gasteiger partial charge in [-0.2, -0.15) is 0 Å². The molecule has 0 aliphatic carbocycles. The number of carbonyl (C=O) groups is 1. The first-order chi connectivity index (χ1) is 7.97. The summed E-state index contributed by atoms with van der Waals surface area (Å²) in [5, 5.41) is 9.36. The van der Waals surface area contributed by atoms with E-state index in [0.717, 1.165) is 16.8 Å². The van der Waals surface area contributed by atoms with E-state index in [9.17, 15) is 9.90 Å². The van der Waals surface area contributed by atoms with Crippen LogP contribution in [0.2, 0.25) is 0 Å². The smallest absolute Gasteiger partial charge is 0.208 e. The Hall–Kier alpha value is -1.68. The van der Waals surface area contributed by atoms with Crippen LogP contribution in [0, 0.1) is 13.8 Å². The Labute approximate surface area is 101 Å². The first-order valence-electron chi connectivity index (χ1n) is 5.58. The molecule has 0 bridgehead atoms. The molecule has 1 N–H and O–H groups in total. The van der Waals surface area contributed by atoms with Gasteiger partial charge in [-0.05, 0) is 44.0 Å². The molecule has 17 heavy (non-hydrogen) atoms.